The van der Waals surface area contributed by atoms with E-state index in [-0.39, 0.29) is 11.7 Å². The van der Waals surface area contributed by atoms with E-state index in [1.165, 1.54) is 0 Å². The number of carbonyl (C=O) groups excluding carboxylic acids is 1. The summed E-state index contributed by atoms with van der Waals surface area (Å²) >= 11 is 0. The van der Waals surface area contributed by atoms with Gasteiger partial charge in [-0.2, -0.15) is 0 Å². The van der Waals surface area contributed by atoms with E-state index >= 15 is 0 Å². The summed E-state index contributed by atoms with van der Waals surface area (Å²) in [5.41, 5.74) is 5.45. The molecule has 2 N–H and O–H groups in total. The van der Waals surface area contributed by atoms with Crippen molar-refractivity contribution in [1.29, 1.82) is 0 Å². The Morgan fingerprint density at radius 3 is 2.67 bits per heavy atom. The van der Waals surface area contributed by atoms with Gasteiger partial charge in [-0.25, -0.2) is 0 Å². The minimum atomic E-state index is -0.241. The number of pyridine rings is 1. The lowest BCUT2D eigenvalue weighted by Gasteiger charge is -2.09. The van der Waals surface area contributed by atoms with Gasteiger partial charge in [0.25, 0.3) is 5.91 Å². The molecule has 7 heteroatoms. The van der Waals surface area contributed by atoms with Crippen molar-refractivity contribution in [2.75, 3.05) is 27.2 Å². The van der Waals surface area contributed by atoms with Gasteiger partial charge in [0.05, 0.1) is 5.71 Å². The Morgan fingerprint density at radius 2 is 1.93 bits per heavy atom. The van der Waals surface area contributed by atoms with Gasteiger partial charge >= 0.3 is 0 Å². The van der Waals surface area contributed by atoms with Crippen molar-refractivity contribution in [2.24, 2.45) is 5.16 Å². The average Bonchev–Trinajstić information content (AvgIpc) is 3.38. The molecular formula is C23H24N4O3. The highest BCUT2D eigenvalue weighted by atomic mass is 16.4. The molecule has 1 aliphatic rings. The topological polar surface area (TPSA) is 91.0 Å². The summed E-state index contributed by atoms with van der Waals surface area (Å²) in [5.74, 6) is 0.659. The molecule has 1 aliphatic carbocycles. The molecule has 0 spiro atoms. The zero-order valence-corrected chi connectivity index (χ0v) is 17.1. The number of oxime groups is 1. The molecule has 0 aliphatic heterocycles. The standard InChI is InChI=1S/C23H24N4O3/c1-27(2)12-11-25-23(28)21-14-19(22(30-21)15-7-9-24-10-8-15)17-3-5-18-16(13-17)4-6-20(18)26-29/h3,5,7-10,13-14,29H,4,6,11-12H2,1-2H3,(H,25,28)/b26-20+. The van der Waals surface area contributed by atoms with Gasteiger partial charge in [0.15, 0.2) is 5.76 Å². The number of likely N-dealkylation sites (N-methyl/N-ethyl adjacent to an activating group) is 1. The van der Waals surface area contributed by atoms with E-state index in [9.17, 15) is 10.0 Å². The number of benzene rings is 1. The monoisotopic (exact) mass is 404 g/mol. The molecule has 0 fully saturated rings. The molecule has 0 saturated carbocycles. The van der Waals surface area contributed by atoms with Crippen LogP contribution in [0.3, 0.4) is 0 Å². The van der Waals surface area contributed by atoms with Crippen LogP contribution in [0.4, 0.5) is 0 Å². The molecule has 0 saturated heterocycles. The molecular weight excluding hydrogens is 380 g/mol. The number of nitrogens with one attached hydrogen (secondary N) is 1. The molecule has 2 aromatic heterocycles. The van der Waals surface area contributed by atoms with E-state index in [0.717, 1.165) is 47.2 Å². The molecule has 1 amide bonds. The van der Waals surface area contributed by atoms with Gasteiger partial charge in [0, 0.05) is 42.2 Å². The Morgan fingerprint density at radius 1 is 1.13 bits per heavy atom. The molecule has 154 valence electrons. The third-order valence-electron chi connectivity index (χ3n) is 5.22. The number of nitrogens with zero attached hydrogens (tertiary/aromatic N) is 3. The average molecular weight is 404 g/mol. The quantitative estimate of drug-likeness (QED) is 0.485. The molecule has 0 radical (unpaired) electrons. The summed E-state index contributed by atoms with van der Waals surface area (Å²) in [5, 5.41) is 15.5. The van der Waals surface area contributed by atoms with Crippen LogP contribution in [-0.4, -0.2) is 53.9 Å². The number of aromatic nitrogens is 1. The van der Waals surface area contributed by atoms with Crippen LogP contribution in [0.2, 0.25) is 0 Å². The second-order valence-corrected chi connectivity index (χ2v) is 7.57. The number of hydrogen-bond acceptors (Lipinski definition) is 6. The molecule has 30 heavy (non-hydrogen) atoms. The summed E-state index contributed by atoms with van der Waals surface area (Å²) in [4.78, 5) is 18.7. The van der Waals surface area contributed by atoms with Crippen molar-refractivity contribution < 1.29 is 14.4 Å². The lowest BCUT2D eigenvalue weighted by atomic mass is 9.98. The molecule has 2 heterocycles. The van der Waals surface area contributed by atoms with E-state index in [1.807, 2.05) is 43.3 Å². The first-order chi connectivity index (χ1) is 14.6. The van der Waals surface area contributed by atoms with Crippen molar-refractivity contribution >= 4 is 11.6 Å². The third kappa shape index (κ3) is 3.97. The number of aryl methyl sites for hydroxylation is 1. The molecule has 0 atom stereocenters. The van der Waals surface area contributed by atoms with Crippen LogP contribution in [0.25, 0.3) is 22.5 Å². The zero-order chi connectivity index (χ0) is 21.1. The van der Waals surface area contributed by atoms with Crippen LogP contribution in [-0.2, 0) is 6.42 Å². The van der Waals surface area contributed by atoms with Crippen molar-refractivity contribution in [3.63, 3.8) is 0 Å². The first-order valence-corrected chi connectivity index (χ1v) is 9.88. The van der Waals surface area contributed by atoms with Crippen LogP contribution >= 0.6 is 0 Å². The summed E-state index contributed by atoms with van der Waals surface area (Å²) in [6.45, 7) is 1.28. The SMILES string of the molecule is CN(C)CCNC(=O)c1cc(-c2ccc3c(c2)CC/C3=N\O)c(-c2ccncc2)o1. The minimum absolute atomic E-state index is 0.241. The predicted molar refractivity (Wildman–Crippen MR) is 115 cm³/mol. The fourth-order valence-electron chi connectivity index (χ4n) is 3.66. The van der Waals surface area contributed by atoms with Crippen molar-refractivity contribution in [3.05, 3.63) is 65.7 Å². The summed E-state index contributed by atoms with van der Waals surface area (Å²) < 4.78 is 6.02. The van der Waals surface area contributed by atoms with Crippen molar-refractivity contribution in [2.45, 2.75) is 12.8 Å². The van der Waals surface area contributed by atoms with E-state index in [2.05, 4.69) is 21.5 Å². The highest BCUT2D eigenvalue weighted by molar-refractivity contribution is 6.05. The summed E-state index contributed by atoms with van der Waals surface area (Å²) in [6.07, 6.45) is 4.94. The fraction of sp³-hybridized carbons (Fsp3) is 0.261. The molecule has 3 aromatic rings. The Hall–Kier alpha value is -3.45. The Kier molecular flexibility index (Phi) is 5.63. The van der Waals surface area contributed by atoms with Crippen molar-refractivity contribution in [3.8, 4) is 22.5 Å². The molecule has 4 rings (SSSR count). The molecule has 0 unspecified atom stereocenters. The molecule has 0 bridgehead atoms. The maximum atomic E-state index is 12.6. The van der Waals surface area contributed by atoms with Crippen LogP contribution in [0.15, 0.2) is 58.4 Å². The van der Waals surface area contributed by atoms with Gasteiger partial charge in [0.1, 0.15) is 5.76 Å². The summed E-state index contributed by atoms with van der Waals surface area (Å²) in [7, 11) is 3.92. The Bertz CT molecular complexity index is 1090. The van der Waals surface area contributed by atoms with E-state index in [1.54, 1.807) is 18.5 Å². The Balaban J connectivity index is 1.72. The van der Waals surface area contributed by atoms with Gasteiger partial charge in [0.2, 0.25) is 0 Å². The van der Waals surface area contributed by atoms with Gasteiger partial charge in [-0.1, -0.05) is 23.4 Å². The minimum Gasteiger partial charge on any atom is -0.450 e. The number of fused-ring (bicyclic) bond motifs is 1. The number of amides is 1. The summed E-state index contributed by atoms with van der Waals surface area (Å²) in [6, 6.07) is 11.5. The number of rotatable bonds is 6. The van der Waals surface area contributed by atoms with E-state index < -0.39 is 0 Å². The normalized spacial score (nSPS) is 14.3. The van der Waals surface area contributed by atoms with Gasteiger partial charge in [-0.15, -0.1) is 0 Å². The fourth-order valence-corrected chi connectivity index (χ4v) is 3.66. The van der Waals surface area contributed by atoms with Gasteiger partial charge < -0.3 is 19.8 Å². The highest BCUT2D eigenvalue weighted by Gasteiger charge is 2.22. The van der Waals surface area contributed by atoms with Crippen LogP contribution in [0, 0.1) is 0 Å². The zero-order valence-electron chi connectivity index (χ0n) is 17.1. The van der Waals surface area contributed by atoms with E-state index in [4.69, 9.17) is 4.42 Å². The van der Waals surface area contributed by atoms with Gasteiger partial charge in [-0.05, 0) is 56.3 Å². The highest BCUT2D eigenvalue weighted by Crippen LogP contribution is 2.37. The molecule has 1 aromatic carbocycles. The largest absolute Gasteiger partial charge is 0.450 e. The maximum Gasteiger partial charge on any atom is 0.287 e. The third-order valence-corrected chi connectivity index (χ3v) is 5.22. The number of hydrogen-bond donors (Lipinski definition) is 2. The first-order valence-electron chi connectivity index (χ1n) is 9.88. The van der Waals surface area contributed by atoms with E-state index in [0.29, 0.717) is 18.0 Å². The maximum absolute atomic E-state index is 12.6. The second kappa shape index (κ2) is 8.51. The lowest BCUT2D eigenvalue weighted by Crippen LogP contribution is -2.31. The first kappa shape index (κ1) is 19.8. The lowest BCUT2D eigenvalue weighted by molar-refractivity contribution is 0.0924. The second-order valence-electron chi connectivity index (χ2n) is 7.57. The van der Waals surface area contributed by atoms with Crippen LogP contribution < -0.4 is 5.32 Å². The number of furan rings is 1. The number of carbonyl (C=O) groups is 1. The predicted octanol–water partition coefficient (Wildman–Crippen LogP) is 3.42. The Labute approximate surface area is 175 Å². The smallest absolute Gasteiger partial charge is 0.287 e. The van der Waals surface area contributed by atoms with Crippen LogP contribution in [0.5, 0.6) is 0 Å². The van der Waals surface area contributed by atoms with Crippen LogP contribution in [0.1, 0.15) is 28.1 Å². The molecule has 7 nitrogen and oxygen atoms in total. The van der Waals surface area contributed by atoms with Gasteiger partial charge in [-0.3, -0.25) is 9.78 Å². The van der Waals surface area contributed by atoms with Crippen molar-refractivity contribution in [1.82, 2.24) is 15.2 Å².